The van der Waals surface area contributed by atoms with Crippen LogP contribution in [0, 0.1) is 0 Å². The van der Waals surface area contributed by atoms with Crippen LogP contribution in [-0.2, 0) is 6.54 Å². The van der Waals surface area contributed by atoms with E-state index in [1.807, 2.05) is 6.08 Å². The second-order valence-corrected chi connectivity index (χ2v) is 7.33. The number of allylic oxidation sites excluding steroid dienone is 3. The molecule has 3 aromatic rings. The molecular formula is C26H29N. The Balaban J connectivity index is 2.05. The normalized spacial score (nSPS) is 13.5. The molecule has 1 nitrogen and oxygen atoms in total. The Kier molecular flexibility index (Phi) is 5.93. The van der Waals surface area contributed by atoms with Crippen LogP contribution < -0.4 is 0 Å². The number of rotatable bonds is 6. The summed E-state index contributed by atoms with van der Waals surface area (Å²) in [7, 11) is 2.20. The van der Waals surface area contributed by atoms with Crippen molar-refractivity contribution >= 4 is 16.3 Å². The Labute approximate surface area is 163 Å². The molecule has 138 valence electrons. The molecule has 3 rings (SSSR count). The molecule has 1 heteroatoms. The molecule has 0 saturated carbocycles. The van der Waals surface area contributed by atoms with Crippen LogP contribution in [0.1, 0.15) is 43.5 Å². The third-order valence-corrected chi connectivity index (χ3v) is 5.65. The quantitative estimate of drug-likeness (QED) is 0.430. The van der Waals surface area contributed by atoms with E-state index in [9.17, 15) is 0 Å². The molecular weight excluding hydrogens is 326 g/mol. The summed E-state index contributed by atoms with van der Waals surface area (Å²) in [6.07, 6.45) is 1.96. The van der Waals surface area contributed by atoms with E-state index in [0.717, 1.165) is 6.54 Å². The maximum atomic E-state index is 3.98. The standard InChI is InChI=1S/C26H29N/c1-6-19(2)20(3)26-24(17-16-23-14-10-11-15-25(23)26)18-27(5)21(4)22-12-8-7-9-13-22/h6-17,21H,1,18H2,2-5H3/b20-19+. The SMILES string of the molecule is C=C/C(C)=C(\C)c1c(CN(C)C(C)c2ccccc2)ccc2ccccc12. The lowest BCUT2D eigenvalue weighted by Crippen LogP contribution is -2.22. The van der Waals surface area contributed by atoms with Crippen LogP contribution in [0.25, 0.3) is 16.3 Å². The monoisotopic (exact) mass is 355 g/mol. The van der Waals surface area contributed by atoms with Gasteiger partial charge in [-0.15, -0.1) is 0 Å². The van der Waals surface area contributed by atoms with E-state index in [4.69, 9.17) is 0 Å². The van der Waals surface area contributed by atoms with Gasteiger partial charge in [-0.1, -0.05) is 79.4 Å². The van der Waals surface area contributed by atoms with Crippen molar-refractivity contribution in [2.45, 2.75) is 33.4 Å². The van der Waals surface area contributed by atoms with Crippen molar-refractivity contribution in [3.63, 3.8) is 0 Å². The second-order valence-electron chi connectivity index (χ2n) is 7.33. The molecule has 0 spiro atoms. The van der Waals surface area contributed by atoms with E-state index in [2.05, 4.69) is 106 Å². The van der Waals surface area contributed by atoms with Gasteiger partial charge >= 0.3 is 0 Å². The molecule has 0 radical (unpaired) electrons. The minimum atomic E-state index is 0.357. The fourth-order valence-electron chi connectivity index (χ4n) is 3.63. The molecule has 0 aliphatic rings. The maximum absolute atomic E-state index is 3.98. The van der Waals surface area contributed by atoms with Crippen LogP contribution in [0.2, 0.25) is 0 Å². The molecule has 0 aliphatic heterocycles. The third kappa shape index (κ3) is 4.04. The summed E-state index contributed by atoms with van der Waals surface area (Å²) < 4.78 is 0. The molecule has 0 aliphatic carbocycles. The lowest BCUT2D eigenvalue weighted by atomic mass is 9.91. The zero-order valence-electron chi connectivity index (χ0n) is 16.9. The van der Waals surface area contributed by atoms with Gasteiger partial charge in [-0.05, 0) is 66.4 Å². The van der Waals surface area contributed by atoms with E-state index in [1.165, 1.54) is 38.6 Å². The average Bonchev–Trinajstić information content (AvgIpc) is 2.72. The average molecular weight is 356 g/mol. The first-order valence-corrected chi connectivity index (χ1v) is 9.59. The largest absolute Gasteiger partial charge is 0.295 e. The molecule has 1 atom stereocenters. The Morgan fingerprint density at radius 3 is 2.33 bits per heavy atom. The lowest BCUT2D eigenvalue weighted by molar-refractivity contribution is 0.253. The van der Waals surface area contributed by atoms with Gasteiger partial charge in [-0.3, -0.25) is 4.90 Å². The van der Waals surface area contributed by atoms with Crippen molar-refractivity contribution in [3.05, 3.63) is 102 Å². The van der Waals surface area contributed by atoms with Crippen LogP contribution in [0.15, 0.2) is 85.0 Å². The van der Waals surface area contributed by atoms with Gasteiger partial charge in [-0.2, -0.15) is 0 Å². The minimum absolute atomic E-state index is 0.357. The number of hydrogen-bond acceptors (Lipinski definition) is 1. The first-order chi connectivity index (χ1) is 13.0. The Morgan fingerprint density at radius 1 is 0.963 bits per heavy atom. The number of fused-ring (bicyclic) bond motifs is 1. The second kappa shape index (κ2) is 8.37. The zero-order chi connectivity index (χ0) is 19.4. The molecule has 0 saturated heterocycles. The predicted molar refractivity (Wildman–Crippen MR) is 119 cm³/mol. The van der Waals surface area contributed by atoms with Crippen molar-refractivity contribution in [3.8, 4) is 0 Å². The topological polar surface area (TPSA) is 3.24 Å². The highest BCUT2D eigenvalue weighted by Crippen LogP contribution is 2.32. The van der Waals surface area contributed by atoms with Crippen LogP contribution in [0.5, 0.6) is 0 Å². The summed E-state index contributed by atoms with van der Waals surface area (Å²) in [4.78, 5) is 2.42. The highest BCUT2D eigenvalue weighted by Gasteiger charge is 2.16. The predicted octanol–water partition coefficient (Wildman–Crippen LogP) is 7.01. The van der Waals surface area contributed by atoms with Crippen molar-refractivity contribution in [1.29, 1.82) is 0 Å². The minimum Gasteiger partial charge on any atom is -0.295 e. The van der Waals surface area contributed by atoms with Crippen molar-refractivity contribution < 1.29 is 0 Å². The molecule has 0 fully saturated rings. The molecule has 0 amide bonds. The Hall–Kier alpha value is -2.64. The molecule has 27 heavy (non-hydrogen) atoms. The molecule has 0 bridgehead atoms. The van der Waals surface area contributed by atoms with E-state index in [0.29, 0.717) is 6.04 Å². The molecule has 0 N–H and O–H groups in total. The van der Waals surface area contributed by atoms with Gasteiger partial charge in [0.2, 0.25) is 0 Å². The molecule has 0 heterocycles. The summed E-state index contributed by atoms with van der Waals surface area (Å²) in [5, 5.41) is 2.60. The van der Waals surface area contributed by atoms with Gasteiger partial charge in [0.15, 0.2) is 0 Å². The molecule has 1 unspecified atom stereocenters. The van der Waals surface area contributed by atoms with Gasteiger partial charge in [-0.25, -0.2) is 0 Å². The van der Waals surface area contributed by atoms with E-state index >= 15 is 0 Å². The van der Waals surface area contributed by atoms with Crippen LogP contribution in [0.3, 0.4) is 0 Å². The van der Waals surface area contributed by atoms with Gasteiger partial charge in [0.25, 0.3) is 0 Å². The van der Waals surface area contributed by atoms with E-state index < -0.39 is 0 Å². The van der Waals surface area contributed by atoms with Gasteiger partial charge in [0.05, 0.1) is 0 Å². The summed E-state index contributed by atoms with van der Waals surface area (Å²) in [5.74, 6) is 0. The number of benzene rings is 3. The summed E-state index contributed by atoms with van der Waals surface area (Å²) >= 11 is 0. The van der Waals surface area contributed by atoms with Crippen LogP contribution in [-0.4, -0.2) is 11.9 Å². The summed E-state index contributed by atoms with van der Waals surface area (Å²) in [6.45, 7) is 11.5. The third-order valence-electron chi connectivity index (χ3n) is 5.65. The summed E-state index contributed by atoms with van der Waals surface area (Å²) in [5.41, 5.74) is 6.58. The highest BCUT2D eigenvalue weighted by atomic mass is 15.1. The molecule has 0 aromatic heterocycles. The fourth-order valence-corrected chi connectivity index (χ4v) is 3.63. The number of hydrogen-bond donors (Lipinski definition) is 0. The van der Waals surface area contributed by atoms with E-state index in [1.54, 1.807) is 0 Å². The van der Waals surface area contributed by atoms with Crippen molar-refractivity contribution in [1.82, 2.24) is 4.90 Å². The maximum Gasteiger partial charge on any atom is 0.0320 e. The smallest absolute Gasteiger partial charge is 0.0320 e. The summed E-state index contributed by atoms with van der Waals surface area (Å²) in [6, 6.07) is 24.2. The van der Waals surface area contributed by atoms with Crippen LogP contribution in [0.4, 0.5) is 0 Å². The van der Waals surface area contributed by atoms with Crippen molar-refractivity contribution in [2.24, 2.45) is 0 Å². The first-order valence-electron chi connectivity index (χ1n) is 9.59. The number of nitrogens with zero attached hydrogens (tertiary/aromatic N) is 1. The van der Waals surface area contributed by atoms with Crippen molar-refractivity contribution in [2.75, 3.05) is 7.05 Å². The Morgan fingerprint density at radius 2 is 1.63 bits per heavy atom. The highest BCUT2D eigenvalue weighted by molar-refractivity contribution is 5.95. The van der Waals surface area contributed by atoms with Crippen LogP contribution >= 0.6 is 0 Å². The lowest BCUT2D eigenvalue weighted by Gasteiger charge is -2.27. The van der Waals surface area contributed by atoms with Gasteiger partial charge < -0.3 is 0 Å². The van der Waals surface area contributed by atoms with Gasteiger partial charge in [0.1, 0.15) is 0 Å². The fraction of sp³-hybridized carbons (Fsp3) is 0.231. The molecule has 3 aromatic carbocycles. The van der Waals surface area contributed by atoms with Gasteiger partial charge in [0, 0.05) is 12.6 Å². The first kappa shape index (κ1) is 19.1. The van der Waals surface area contributed by atoms with E-state index in [-0.39, 0.29) is 0 Å². The zero-order valence-corrected chi connectivity index (χ0v) is 16.9. The Bertz CT molecular complexity index is 966.